The zero-order chi connectivity index (χ0) is 16.0. The Hall–Kier alpha value is -0.130. The van der Waals surface area contributed by atoms with Crippen LogP contribution in [0.25, 0.3) is 0 Å². The summed E-state index contributed by atoms with van der Waals surface area (Å²) >= 11 is 0. The van der Waals surface area contributed by atoms with Gasteiger partial charge < -0.3 is 4.90 Å². The van der Waals surface area contributed by atoms with Gasteiger partial charge in [-0.05, 0) is 63.6 Å². The second-order valence-electron chi connectivity index (χ2n) is 7.32. The number of sulfonamides is 1. The summed E-state index contributed by atoms with van der Waals surface area (Å²) in [6, 6.07) is 0. The van der Waals surface area contributed by atoms with Gasteiger partial charge in [-0.1, -0.05) is 26.7 Å². The summed E-state index contributed by atoms with van der Waals surface area (Å²) in [7, 11) is -3.03. The van der Waals surface area contributed by atoms with Crippen molar-refractivity contribution in [3.05, 3.63) is 0 Å². The molecule has 4 nitrogen and oxygen atoms in total. The Morgan fingerprint density at radius 3 is 2.23 bits per heavy atom. The first-order valence-corrected chi connectivity index (χ1v) is 10.8. The van der Waals surface area contributed by atoms with Gasteiger partial charge in [0.15, 0.2) is 0 Å². The first kappa shape index (κ1) is 18.2. The highest BCUT2D eigenvalue weighted by Gasteiger charge is 2.27. The summed E-state index contributed by atoms with van der Waals surface area (Å²) in [6.07, 6.45) is 7.88. The third-order valence-corrected chi connectivity index (χ3v) is 7.37. The molecule has 0 aromatic carbocycles. The van der Waals surface area contributed by atoms with Crippen LogP contribution in [0.5, 0.6) is 0 Å². The molecule has 0 atom stereocenters. The maximum atomic E-state index is 12.5. The molecule has 0 aromatic heterocycles. The molecule has 0 spiro atoms. The molecule has 0 bridgehead atoms. The van der Waals surface area contributed by atoms with Crippen molar-refractivity contribution >= 4 is 10.0 Å². The van der Waals surface area contributed by atoms with Gasteiger partial charge in [0.2, 0.25) is 10.0 Å². The van der Waals surface area contributed by atoms with Gasteiger partial charge in [-0.2, -0.15) is 0 Å². The number of piperidine rings is 2. The Labute approximate surface area is 137 Å². The maximum absolute atomic E-state index is 12.5. The van der Waals surface area contributed by atoms with Gasteiger partial charge in [0.25, 0.3) is 0 Å². The fourth-order valence-corrected chi connectivity index (χ4v) is 5.29. The van der Waals surface area contributed by atoms with E-state index < -0.39 is 10.0 Å². The average molecular weight is 331 g/mol. The minimum Gasteiger partial charge on any atom is -0.303 e. The van der Waals surface area contributed by atoms with E-state index in [2.05, 4.69) is 18.7 Å². The van der Waals surface area contributed by atoms with Crippen molar-refractivity contribution in [2.75, 3.05) is 38.5 Å². The molecule has 22 heavy (non-hydrogen) atoms. The highest BCUT2D eigenvalue weighted by molar-refractivity contribution is 7.89. The molecule has 0 amide bonds. The SMILES string of the molecule is CCCC1CCN(S(=O)(=O)CCCN2CCC(C)CC2)CC1. The second-order valence-corrected chi connectivity index (χ2v) is 9.41. The van der Waals surface area contributed by atoms with Gasteiger partial charge in [-0.15, -0.1) is 0 Å². The molecule has 0 aliphatic carbocycles. The highest BCUT2D eigenvalue weighted by Crippen LogP contribution is 2.24. The quantitative estimate of drug-likeness (QED) is 0.720. The third-order valence-electron chi connectivity index (χ3n) is 5.42. The first-order valence-electron chi connectivity index (χ1n) is 9.21. The standard InChI is InChI=1S/C17H34N2O2S/c1-3-5-17-8-13-19(14-9-17)22(20,21)15-4-10-18-11-6-16(2)7-12-18/h16-17H,3-15H2,1-2H3. The Morgan fingerprint density at radius 2 is 1.64 bits per heavy atom. The van der Waals surface area contributed by atoms with Crippen LogP contribution in [0.3, 0.4) is 0 Å². The predicted octanol–water partition coefficient (Wildman–Crippen LogP) is 2.95. The number of hydrogen-bond donors (Lipinski definition) is 0. The molecular formula is C17H34N2O2S. The summed E-state index contributed by atoms with van der Waals surface area (Å²) in [4.78, 5) is 2.43. The van der Waals surface area contributed by atoms with Crippen molar-refractivity contribution in [3.63, 3.8) is 0 Å². The van der Waals surface area contributed by atoms with Crippen LogP contribution in [-0.4, -0.2) is 56.1 Å². The van der Waals surface area contributed by atoms with Crippen LogP contribution in [0.1, 0.15) is 58.8 Å². The molecule has 2 fully saturated rings. The van der Waals surface area contributed by atoms with E-state index in [0.717, 1.165) is 63.8 Å². The molecule has 0 unspecified atom stereocenters. The fraction of sp³-hybridized carbons (Fsp3) is 1.00. The van der Waals surface area contributed by atoms with E-state index in [1.807, 2.05) is 0 Å². The lowest BCUT2D eigenvalue weighted by Crippen LogP contribution is -2.40. The molecule has 2 aliphatic rings. The molecule has 2 saturated heterocycles. The van der Waals surface area contributed by atoms with Crippen LogP contribution >= 0.6 is 0 Å². The summed E-state index contributed by atoms with van der Waals surface area (Å²) in [5.41, 5.74) is 0. The largest absolute Gasteiger partial charge is 0.303 e. The Morgan fingerprint density at radius 1 is 1.00 bits per heavy atom. The summed E-state index contributed by atoms with van der Waals surface area (Å²) in [6.45, 7) is 9.24. The normalized spacial score (nSPS) is 23.9. The lowest BCUT2D eigenvalue weighted by molar-refractivity contribution is 0.192. The van der Waals surface area contributed by atoms with E-state index in [4.69, 9.17) is 0 Å². The molecule has 2 rings (SSSR count). The van der Waals surface area contributed by atoms with E-state index >= 15 is 0 Å². The summed E-state index contributed by atoms with van der Waals surface area (Å²) in [5, 5.41) is 0. The average Bonchev–Trinajstić information content (AvgIpc) is 2.50. The molecular weight excluding hydrogens is 296 g/mol. The first-order chi connectivity index (χ1) is 10.5. The minimum absolute atomic E-state index is 0.331. The van der Waals surface area contributed by atoms with Gasteiger partial charge in [0.05, 0.1) is 5.75 Å². The number of nitrogens with zero attached hydrogens (tertiary/aromatic N) is 2. The van der Waals surface area contributed by atoms with Crippen molar-refractivity contribution in [3.8, 4) is 0 Å². The molecule has 0 radical (unpaired) electrons. The van der Waals surface area contributed by atoms with Crippen molar-refractivity contribution in [1.29, 1.82) is 0 Å². The number of rotatable bonds is 7. The van der Waals surface area contributed by atoms with E-state index in [1.54, 1.807) is 4.31 Å². The van der Waals surface area contributed by atoms with Crippen molar-refractivity contribution in [2.45, 2.75) is 58.8 Å². The molecule has 5 heteroatoms. The molecule has 130 valence electrons. The smallest absolute Gasteiger partial charge is 0.214 e. The van der Waals surface area contributed by atoms with Crippen LogP contribution in [0, 0.1) is 11.8 Å². The Bertz CT molecular complexity index is 408. The minimum atomic E-state index is -3.03. The molecule has 2 heterocycles. The summed E-state index contributed by atoms with van der Waals surface area (Å²) in [5.74, 6) is 1.91. The van der Waals surface area contributed by atoms with Gasteiger partial charge in [-0.3, -0.25) is 0 Å². The second kappa shape index (κ2) is 8.65. The van der Waals surface area contributed by atoms with Crippen LogP contribution in [-0.2, 0) is 10.0 Å². The van der Waals surface area contributed by atoms with E-state index in [-0.39, 0.29) is 0 Å². The third kappa shape index (κ3) is 5.50. The van der Waals surface area contributed by atoms with Crippen LogP contribution in [0.2, 0.25) is 0 Å². The maximum Gasteiger partial charge on any atom is 0.214 e. The van der Waals surface area contributed by atoms with E-state index in [9.17, 15) is 8.42 Å². The van der Waals surface area contributed by atoms with Crippen molar-refractivity contribution < 1.29 is 8.42 Å². The van der Waals surface area contributed by atoms with E-state index in [1.165, 1.54) is 25.7 Å². The topological polar surface area (TPSA) is 40.6 Å². The van der Waals surface area contributed by atoms with Crippen molar-refractivity contribution in [2.24, 2.45) is 11.8 Å². The number of likely N-dealkylation sites (tertiary alicyclic amines) is 1. The predicted molar refractivity (Wildman–Crippen MR) is 92.4 cm³/mol. The zero-order valence-electron chi connectivity index (χ0n) is 14.5. The zero-order valence-corrected chi connectivity index (χ0v) is 15.3. The van der Waals surface area contributed by atoms with Gasteiger partial charge >= 0.3 is 0 Å². The lowest BCUT2D eigenvalue weighted by atomic mass is 9.94. The summed E-state index contributed by atoms with van der Waals surface area (Å²) < 4.78 is 26.7. The van der Waals surface area contributed by atoms with Crippen molar-refractivity contribution in [1.82, 2.24) is 9.21 Å². The fourth-order valence-electron chi connectivity index (χ4n) is 3.77. The van der Waals surface area contributed by atoms with Gasteiger partial charge in [-0.25, -0.2) is 12.7 Å². The highest BCUT2D eigenvalue weighted by atomic mass is 32.2. The number of hydrogen-bond acceptors (Lipinski definition) is 3. The monoisotopic (exact) mass is 330 g/mol. The van der Waals surface area contributed by atoms with E-state index in [0.29, 0.717) is 5.75 Å². The lowest BCUT2D eigenvalue weighted by Gasteiger charge is -2.32. The molecule has 0 saturated carbocycles. The van der Waals surface area contributed by atoms with Gasteiger partial charge in [0, 0.05) is 13.1 Å². The molecule has 0 N–H and O–H groups in total. The Kier molecular flexibility index (Phi) is 7.16. The van der Waals surface area contributed by atoms with Crippen LogP contribution < -0.4 is 0 Å². The Balaban J connectivity index is 1.68. The molecule has 0 aromatic rings. The van der Waals surface area contributed by atoms with Crippen LogP contribution in [0.15, 0.2) is 0 Å². The van der Waals surface area contributed by atoms with Crippen LogP contribution in [0.4, 0.5) is 0 Å². The molecule has 2 aliphatic heterocycles. The van der Waals surface area contributed by atoms with Gasteiger partial charge in [0.1, 0.15) is 0 Å².